The molecule has 2 aromatic carbocycles. The molecule has 0 aliphatic carbocycles. The minimum absolute atomic E-state index is 0.0256. The van der Waals surface area contributed by atoms with Crippen LogP contribution in [0.15, 0.2) is 54.6 Å². The number of carbonyl (C=O) groups is 3. The second kappa shape index (κ2) is 6.34. The van der Waals surface area contributed by atoms with Crippen LogP contribution in [0.4, 0.5) is 10.1 Å². The Balaban J connectivity index is 1.58. The van der Waals surface area contributed by atoms with Gasteiger partial charge in [0, 0.05) is 11.6 Å². The van der Waals surface area contributed by atoms with Crippen LogP contribution in [-0.4, -0.2) is 41.1 Å². The molecule has 5 rings (SSSR count). The van der Waals surface area contributed by atoms with E-state index in [9.17, 15) is 18.8 Å². The van der Waals surface area contributed by atoms with Gasteiger partial charge in [-0.25, -0.2) is 9.29 Å². The Labute approximate surface area is 161 Å². The molecule has 5 nitrogen and oxygen atoms in total. The van der Waals surface area contributed by atoms with Crippen molar-refractivity contribution in [2.45, 2.75) is 24.9 Å². The van der Waals surface area contributed by atoms with Crippen LogP contribution in [-0.2, 0) is 9.59 Å². The highest BCUT2D eigenvalue weighted by Crippen LogP contribution is 2.48. The Bertz CT molecular complexity index is 977. The molecule has 3 aliphatic heterocycles. The third-order valence-corrected chi connectivity index (χ3v) is 6.27. The average molecular weight is 378 g/mol. The highest BCUT2D eigenvalue weighted by Gasteiger charge is 2.64. The normalized spacial score (nSPS) is 29.2. The maximum absolute atomic E-state index is 14.3. The predicted octanol–water partition coefficient (Wildman–Crippen LogP) is 2.66. The number of amides is 2. The quantitative estimate of drug-likeness (QED) is 0.609. The summed E-state index contributed by atoms with van der Waals surface area (Å²) in [6.45, 7) is 0.696. The minimum atomic E-state index is -0.759. The zero-order chi connectivity index (χ0) is 19.4. The second-order valence-electron chi connectivity index (χ2n) is 7.64. The molecule has 0 aromatic heterocycles. The van der Waals surface area contributed by atoms with Gasteiger partial charge < -0.3 is 0 Å². The number of ketones is 1. The van der Waals surface area contributed by atoms with Crippen LogP contribution in [0.2, 0.25) is 0 Å². The van der Waals surface area contributed by atoms with Gasteiger partial charge in [-0.15, -0.1) is 0 Å². The molecule has 28 heavy (non-hydrogen) atoms. The van der Waals surface area contributed by atoms with Crippen molar-refractivity contribution in [1.29, 1.82) is 0 Å². The molecule has 0 radical (unpaired) electrons. The summed E-state index contributed by atoms with van der Waals surface area (Å²) < 4.78 is 14.3. The largest absolute Gasteiger partial charge is 0.292 e. The van der Waals surface area contributed by atoms with Gasteiger partial charge in [0.05, 0.1) is 23.6 Å². The van der Waals surface area contributed by atoms with Crippen LogP contribution >= 0.6 is 0 Å². The zero-order valence-electron chi connectivity index (χ0n) is 15.1. The third-order valence-electron chi connectivity index (χ3n) is 6.27. The molecule has 3 aliphatic rings. The Morgan fingerprint density at radius 2 is 1.61 bits per heavy atom. The fourth-order valence-electron chi connectivity index (χ4n) is 5.16. The molecule has 0 bridgehead atoms. The molecule has 4 atom stereocenters. The standard InChI is InChI=1S/C22H19FN2O3/c23-14-9-4-5-10-15(14)25-21(27)17-16-11-6-12-24(16)19(18(17)22(25)28)20(26)13-7-2-1-3-8-13/h1-5,7-10,16-19H,6,11-12H2. The highest BCUT2D eigenvalue weighted by molar-refractivity contribution is 6.24. The van der Waals surface area contributed by atoms with Gasteiger partial charge >= 0.3 is 0 Å². The summed E-state index contributed by atoms with van der Waals surface area (Å²) >= 11 is 0. The van der Waals surface area contributed by atoms with Crippen LogP contribution in [0, 0.1) is 17.7 Å². The first-order valence-electron chi connectivity index (χ1n) is 9.57. The fourth-order valence-corrected chi connectivity index (χ4v) is 5.16. The number of anilines is 1. The van der Waals surface area contributed by atoms with E-state index < -0.39 is 29.6 Å². The maximum atomic E-state index is 14.3. The van der Waals surface area contributed by atoms with Gasteiger partial charge in [-0.1, -0.05) is 42.5 Å². The van der Waals surface area contributed by atoms with E-state index in [0.717, 1.165) is 17.7 Å². The average Bonchev–Trinajstić information content (AvgIpc) is 3.35. The SMILES string of the molecule is O=C(c1ccccc1)C1C2C(=O)N(c3ccccc3F)C(=O)C2C2CCCN21. The van der Waals surface area contributed by atoms with Crippen LogP contribution < -0.4 is 4.90 Å². The molecule has 2 aromatic rings. The first kappa shape index (κ1) is 17.3. The molecule has 3 heterocycles. The lowest BCUT2D eigenvalue weighted by atomic mass is 9.85. The second-order valence-corrected chi connectivity index (χ2v) is 7.64. The number of rotatable bonds is 3. The Hall–Kier alpha value is -2.86. The van der Waals surface area contributed by atoms with E-state index in [1.165, 1.54) is 18.2 Å². The number of para-hydroxylation sites is 1. The summed E-state index contributed by atoms with van der Waals surface area (Å²) in [6.07, 6.45) is 1.65. The van der Waals surface area contributed by atoms with Gasteiger partial charge in [0.1, 0.15) is 5.82 Å². The summed E-state index contributed by atoms with van der Waals surface area (Å²) in [4.78, 5) is 42.8. The zero-order valence-corrected chi connectivity index (χ0v) is 15.1. The molecular formula is C22H19FN2O3. The molecule has 0 saturated carbocycles. The minimum Gasteiger partial charge on any atom is -0.292 e. The summed E-state index contributed by atoms with van der Waals surface area (Å²) in [5.41, 5.74) is 0.505. The third kappa shape index (κ3) is 2.31. The summed E-state index contributed by atoms with van der Waals surface area (Å²) in [6, 6.07) is 13.8. The fraction of sp³-hybridized carbons (Fsp3) is 0.318. The summed E-state index contributed by atoms with van der Waals surface area (Å²) in [7, 11) is 0. The summed E-state index contributed by atoms with van der Waals surface area (Å²) in [5.74, 6) is -2.96. The van der Waals surface area contributed by atoms with E-state index >= 15 is 0 Å². The van der Waals surface area contributed by atoms with Crippen molar-refractivity contribution >= 4 is 23.3 Å². The summed E-state index contributed by atoms with van der Waals surface area (Å²) in [5, 5.41) is 0. The van der Waals surface area contributed by atoms with E-state index in [0.29, 0.717) is 12.1 Å². The van der Waals surface area contributed by atoms with E-state index in [1.54, 1.807) is 30.3 Å². The molecule has 0 N–H and O–H groups in total. The van der Waals surface area contributed by atoms with Crippen LogP contribution in [0.25, 0.3) is 0 Å². The lowest BCUT2D eigenvalue weighted by Gasteiger charge is -2.27. The van der Waals surface area contributed by atoms with Gasteiger partial charge in [0.2, 0.25) is 11.8 Å². The van der Waals surface area contributed by atoms with Gasteiger partial charge in [0.25, 0.3) is 0 Å². The number of hydrogen-bond donors (Lipinski definition) is 0. The van der Waals surface area contributed by atoms with Crippen LogP contribution in [0.3, 0.4) is 0 Å². The first-order chi connectivity index (χ1) is 13.6. The van der Waals surface area contributed by atoms with Crippen molar-refractivity contribution in [1.82, 2.24) is 4.90 Å². The topological polar surface area (TPSA) is 57.7 Å². The molecule has 0 spiro atoms. The van der Waals surface area contributed by atoms with Gasteiger partial charge in [-0.3, -0.25) is 19.3 Å². The number of benzene rings is 2. The van der Waals surface area contributed by atoms with Crippen molar-refractivity contribution in [2.75, 3.05) is 11.4 Å². The molecule has 142 valence electrons. The van der Waals surface area contributed by atoms with E-state index in [4.69, 9.17) is 0 Å². The lowest BCUT2D eigenvalue weighted by molar-refractivity contribution is -0.123. The van der Waals surface area contributed by atoms with Crippen LogP contribution in [0.5, 0.6) is 0 Å². The number of halogens is 1. The van der Waals surface area contributed by atoms with E-state index in [2.05, 4.69) is 0 Å². The Morgan fingerprint density at radius 1 is 0.929 bits per heavy atom. The number of fused-ring (bicyclic) bond motifs is 3. The van der Waals surface area contributed by atoms with E-state index in [-0.39, 0.29) is 23.4 Å². The van der Waals surface area contributed by atoms with Crippen molar-refractivity contribution in [3.05, 3.63) is 66.0 Å². The van der Waals surface area contributed by atoms with Gasteiger partial charge in [0.15, 0.2) is 5.78 Å². The van der Waals surface area contributed by atoms with Crippen molar-refractivity contribution in [3.63, 3.8) is 0 Å². The van der Waals surface area contributed by atoms with Crippen molar-refractivity contribution < 1.29 is 18.8 Å². The molecule has 2 amide bonds. The Kier molecular flexibility index (Phi) is 3.91. The monoisotopic (exact) mass is 378 g/mol. The number of Topliss-reactive ketones (excluding diaryl/α,β-unsaturated/α-hetero) is 1. The number of nitrogens with zero attached hydrogens (tertiary/aromatic N) is 2. The molecule has 6 heteroatoms. The molecule has 4 unspecified atom stereocenters. The highest BCUT2D eigenvalue weighted by atomic mass is 19.1. The van der Waals surface area contributed by atoms with Gasteiger partial charge in [-0.05, 0) is 31.5 Å². The molecule has 3 fully saturated rings. The van der Waals surface area contributed by atoms with Crippen molar-refractivity contribution in [3.8, 4) is 0 Å². The number of imide groups is 1. The van der Waals surface area contributed by atoms with Crippen LogP contribution in [0.1, 0.15) is 23.2 Å². The predicted molar refractivity (Wildman–Crippen MR) is 100 cm³/mol. The maximum Gasteiger partial charge on any atom is 0.239 e. The molecular weight excluding hydrogens is 359 g/mol. The van der Waals surface area contributed by atoms with E-state index in [1.807, 2.05) is 11.0 Å². The Morgan fingerprint density at radius 3 is 2.36 bits per heavy atom. The smallest absolute Gasteiger partial charge is 0.239 e. The van der Waals surface area contributed by atoms with Gasteiger partial charge in [-0.2, -0.15) is 0 Å². The lowest BCUT2D eigenvalue weighted by Crippen LogP contribution is -2.46. The molecule has 3 saturated heterocycles. The number of hydrogen-bond acceptors (Lipinski definition) is 4. The number of carbonyl (C=O) groups excluding carboxylic acids is 3. The van der Waals surface area contributed by atoms with Crippen molar-refractivity contribution in [2.24, 2.45) is 11.8 Å². The first-order valence-corrected chi connectivity index (χ1v) is 9.57.